The molecule has 0 saturated carbocycles. The summed E-state index contributed by atoms with van der Waals surface area (Å²) in [5, 5.41) is 5.85. The molecule has 0 spiro atoms. The van der Waals surface area contributed by atoms with E-state index in [0.29, 0.717) is 0 Å². The Balaban J connectivity index is 0.000000980. The number of hydrogen-bond donors (Lipinski definition) is 2. The Hall–Kier alpha value is -0.870. The normalized spacial score (nSPS) is 12.9. The number of carbonyl (C=O) groups is 1. The SMILES string of the molecule is Br.CNC(=O)c1ccc2c(c1)CNC2. The summed E-state index contributed by atoms with van der Waals surface area (Å²) in [6.45, 7) is 1.80. The molecule has 14 heavy (non-hydrogen) atoms. The molecule has 2 N–H and O–H groups in total. The van der Waals surface area contributed by atoms with Gasteiger partial charge in [-0.2, -0.15) is 0 Å². The van der Waals surface area contributed by atoms with E-state index >= 15 is 0 Å². The molecule has 3 nitrogen and oxygen atoms in total. The highest BCUT2D eigenvalue weighted by Crippen LogP contribution is 2.16. The van der Waals surface area contributed by atoms with E-state index in [1.54, 1.807) is 7.05 Å². The smallest absolute Gasteiger partial charge is 0.251 e. The van der Waals surface area contributed by atoms with Gasteiger partial charge in [-0.3, -0.25) is 4.79 Å². The van der Waals surface area contributed by atoms with Crippen molar-refractivity contribution in [1.29, 1.82) is 0 Å². The van der Waals surface area contributed by atoms with Crippen LogP contribution < -0.4 is 10.6 Å². The van der Waals surface area contributed by atoms with Crippen LogP contribution in [0, 0.1) is 0 Å². The average Bonchev–Trinajstić information content (AvgIpc) is 2.63. The van der Waals surface area contributed by atoms with Crippen molar-refractivity contribution in [3.63, 3.8) is 0 Å². The number of hydrogen-bond acceptors (Lipinski definition) is 2. The van der Waals surface area contributed by atoms with Gasteiger partial charge in [-0.25, -0.2) is 0 Å². The second kappa shape index (κ2) is 4.57. The third-order valence-corrected chi connectivity index (χ3v) is 2.33. The zero-order chi connectivity index (χ0) is 9.26. The van der Waals surface area contributed by atoms with E-state index in [4.69, 9.17) is 0 Å². The van der Waals surface area contributed by atoms with Crippen molar-refractivity contribution in [3.05, 3.63) is 34.9 Å². The fraction of sp³-hybridized carbons (Fsp3) is 0.300. The lowest BCUT2D eigenvalue weighted by Gasteiger charge is -2.02. The summed E-state index contributed by atoms with van der Waals surface area (Å²) in [5.41, 5.74) is 3.28. The van der Waals surface area contributed by atoms with Crippen LogP contribution in [0.25, 0.3) is 0 Å². The van der Waals surface area contributed by atoms with Gasteiger partial charge in [0.25, 0.3) is 5.91 Å². The number of fused-ring (bicyclic) bond motifs is 1. The van der Waals surface area contributed by atoms with Crippen LogP contribution in [0.5, 0.6) is 0 Å². The second-order valence-corrected chi connectivity index (χ2v) is 3.17. The molecule has 1 amide bonds. The zero-order valence-electron chi connectivity index (χ0n) is 7.96. The number of carbonyl (C=O) groups excluding carboxylic acids is 1. The molecule has 2 rings (SSSR count). The lowest BCUT2D eigenvalue weighted by Crippen LogP contribution is -2.17. The van der Waals surface area contributed by atoms with Gasteiger partial charge in [-0.05, 0) is 23.3 Å². The topological polar surface area (TPSA) is 41.1 Å². The number of benzene rings is 1. The number of rotatable bonds is 1. The summed E-state index contributed by atoms with van der Waals surface area (Å²) in [7, 11) is 1.65. The van der Waals surface area contributed by atoms with Gasteiger partial charge in [0.05, 0.1) is 0 Å². The van der Waals surface area contributed by atoms with Gasteiger partial charge in [0.1, 0.15) is 0 Å². The predicted molar refractivity (Wildman–Crippen MR) is 60.7 cm³/mol. The molecular weight excluding hydrogens is 244 g/mol. The Morgan fingerprint density at radius 1 is 1.36 bits per heavy atom. The van der Waals surface area contributed by atoms with Crippen molar-refractivity contribution in [2.24, 2.45) is 0 Å². The first kappa shape index (κ1) is 11.2. The minimum Gasteiger partial charge on any atom is -0.355 e. The maximum atomic E-state index is 11.3. The van der Waals surface area contributed by atoms with E-state index in [9.17, 15) is 4.79 Å². The Kier molecular flexibility index (Phi) is 3.66. The van der Waals surface area contributed by atoms with Gasteiger partial charge in [0.2, 0.25) is 0 Å². The molecule has 0 unspecified atom stereocenters. The third kappa shape index (κ3) is 1.96. The maximum absolute atomic E-state index is 11.3. The highest BCUT2D eigenvalue weighted by Gasteiger charge is 2.12. The molecule has 0 saturated heterocycles. The minimum absolute atomic E-state index is 0. The second-order valence-electron chi connectivity index (χ2n) is 3.17. The standard InChI is InChI=1S/C10H12N2O.BrH/c1-11-10(13)7-2-3-8-5-12-6-9(8)4-7;/h2-4,12H,5-6H2,1H3,(H,11,13);1H. The van der Waals surface area contributed by atoms with Crippen LogP contribution in [0.2, 0.25) is 0 Å². The van der Waals surface area contributed by atoms with Crippen LogP contribution >= 0.6 is 17.0 Å². The van der Waals surface area contributed by atoms with Crippen molar-refractivity contribution >= 4 is 22.9 Å². The van der Waals surface area contributed by atoms with Crippen LogP contribution in [0.4, 0.5) is 0 Å². The molecule has 0 aliphatic carbocycles. The Morgan fingerprint density at radius 3 is 2.79 bits per heavy atom. The van der Waals surface area contributed by atoms with E-state index in [1.165, 1.54) is 11.1 Å². The molecule has 1 aliphatic rings. The highest BCUT2D eigenvalue weighted by molar-refractivity contribution is 8.93. The molecule has 0 atom stereocenters. The summed E-state index contributed by atoms with van der Waals surface area (Å²) >= 11 is 0. The Morgan fingerprint density at radius 2 is 2.07 bits per heavy atom. The summed E-state index contributed by atoms with van der Waals surface area (Å²) in [4.78, 5) is 11.3. The van der Waals surface area contributed by atoms with Crippen molar-refractivity contribution in [2.45, 2.75) is 13.1 Å². The minimum atomic E-state index is -0.0188. The van der Waals surface area contributed by atoms with Crippen molar-refractivity contribution in [3.8, 4) is 0 Å². The molecule has 1 heterocycles. The van der Waals surface area contributed by atoms with Crippen LogP contribution in [0.15, 0.2) is 18.2 Å². The van der Waals surface area contributed by atoms with E-state index < -0.39 is 0 Å². The molecule has 4 heteroatoms. The first-order valence-corrected chi connectivity index (χ1v) is 4.36. The molecule has 1 aromatic carbocycles. The van der Waals surface area contributed by atoms with Crippen LogP contribution in [-0.2, 0) is 13.1 Å². The zero-order valence-corrected chi connectivity index (χ0v) is 9.68. The molecule has 0 fully saturated rings. The molecule has 0 aromatic heterocycles. The van der Waals surface area contributed by atoms with Gasteiger partial charge < -0.3 is 10.6 Å². The van der Waals surface area contributed by atoms with Gasteiger partial charge in [-0.15, -0.1) is 17.0 Å². The van der Waals surface area contributed by atoms with E-state index in [1.807, 2.05) is 18.2 Å². The molecule has 1 aliphatic heterocycles. The van der Waals surface area contributed by atoms with E-state index in [2.05, 4.69) is 10.6 Å². The number of nitrogens with one attached hydrogen (secondary N) is 2. The number of halogens is 1. The fourth-order valence-electron chi connectivity index (χ4n) is 1.58. The predicted octanol–water partition coefficient (Wildman–Crippen LogP) is 1.23. The van der Waals surface area contributed by atoms with Gasteiger partial charge >= 0.3 is 0 Å². The molecule has 0 radical (unpaired) electrons. The largest absolute Gasteiger partial charge is 0.355 e. The first-order chi connectivity index (χ1) is 6.31. The lowest BCUT2D eigenvalue weighted by molar-refractivity contribution is 0.0963. The van der Waals surface area contributed by atoms with Gasteiger partial charge in [0, 0.05) is 25.7 Å². The van der Waals surface area contributed by atoms with Gasteiger partial charge in [0.15, 0.2) is 0 Å². The van der Waals surface area contributed by atoms with Crippen LogP contribution in [-0.4, -0.2) is 13.0 Å². The first-order valence-electron chi connectivity index (χ1n) is 4.36. The van der Waals surface area contributed by atoms with E-state index in [0.717, 1.165) is 18.7 Å². The molecule has 76 valence electrons. The quantitative estimate of drug-likeness (QED) is 0.794. The van der Waals surface area contributed by atoms with E-state index in [-0.39, 0.29) is 22.9 Å². The lowest BCUT2D eigenvalue weighted by atomic mass is 10.1. The van der Waals surface area contributed by atoms with Crippen LogP contribution in [0.3, 0.4) is 0 Å². The molecular formula is C10H13BrN2O. The third-order valence-electron chi connectivity index (χ3n) is 2.33. The molecule has 0 bridgehead atoms. The van der Waals surface area contributed by atoms with Crippen molar-refractivity contribution < 1.29 is 4.79 Å². The molecule has 1 aromatic rings. The van der Waals surface area contributed by atoms with Gasteiger partial charge in [-0.1, -0.05) is 6.07 Å². The summed E-state index contributed by atoms with van der Waals surface area (Å²) in [5.74, 6) is -0.0188. The number of amides is 1. The maximum Gasteiger partial charge on any atom is 0.251 e. The highest BCUT2D eigenvalue weighted by atomic mass is 79.9. The van der Waals surface area contributed by atoms with Crippen molar-refractivity contribution in [2.75, 3.05) is 7.05 Å². The summed E-state index contributed by atoms with van der Waals surface area (Å²) in [6.07, 6.45) is 0. The monoisotopic (exact) mass is 256 g/mol. The average molecular weight is 257 g/mol. The fourth-order valence-corrected chi connectivity index (χ4v) is 1.58. The Labute approximate surface area is 93.7 Å². The Bertz CT molecular complexity index is 352. The summed E-state index contributed by atoms with van der Waals surface area (Å²) in [6, 6.07) is 5.83. The van der Waals surface area contributed by atoms with Crippen molar-refractivity contribution in [1.82, 2.24) is 10.6 Å². The summed E-state index contributed by atoms with van der Waals surface area (Å²) < 4.78 is 0. The van der Waals surface area contributed by atoms with Crippen LogP contribution in [0.1, 0.15) is 21.5 Å².